The number of rotatable bonds is 4. The molecule has 3 N–H and O–H groups in total. The van der Waals surface area contributed by atoms with Crippen LogP contribution in [0.5, 0.6) is 40.2 Å². The van der Waals surface area contributed by atoms with Gasteiger partial charge in [0.25, 0.3) is 0 Å². The van der Waals surface area contributed by atoms with Crippen LogP contribution in [0.1, 0.15) is 68.8 Å². The number of aliphatic hydroxyl groups excluding tert-OH is 1. The van der Waals surface area contributed by atoms with E-state index in [4.69, 9.17) is 33.2 Å². The van der Waals surface area contributed by atoms with Crippen molar-refractivity contribution in [2.45, 2.75) is 74.8 Å². The van der Waals surface area contributed by atoms with Crippen LogP contribution in [-0.2, 0) is 32.7 Å². The minimum atomic E-state index is -1.30. The number of aryl methyl sites for hydroxylation is 1. The van der Waals surface area contributed by atoms with Gasteiger partial charge in [-0.25, -0.2) is 4.79 Å². The molecule has 0 amide bonds. The summed E-state index contributed by atoms with van der Waals surface area (Å²) in [6.45, 7) is 5.39. The fourth-order valence-electron chi connectivity index (χ4n) is 10.1. The molecule has 292 valence electrons. The highest BCUT2D eigenvalue weighted by Gasteiger charge is 2.61. The zero-order chi connectivity index (χ0) is 38.7. The van der Waals surface area contributed by atoms with Crippen molar-refractivity contribution >= 4 is 23.7 Å². The standard InChI is InChI=1S/C40H45N3O11S/c1-17-10-21-11-23-38(46)43-24-14-51-39(47)40(22-13-26(49-6)25(48-5)12-20(22)8-9-41-40)15-55-37(31(43)30(42(23)4)27(21)32(45)33(17)50-7)29-28(24)36-35(52-16-53-36)18(2)34(29)54-19(3)44/h10,12-13,23-24,30-31,37-38,41,45-46H,8-9,11,14-16H2,1-7H3/t23-,24+,30+,31?,37-,38+,40-/m1/s1. The van der Waals surface area contributed by atoms with Crippen LogP contribution in [0.25, 0.3) is 0 Å². The molecule has 2 saturated heterocycles. The van der Waals surface area contributed by atoms with Gasteiger partial charge in [0.05, 0.1) is 44.7 Å². The first-order valence-corrected chi connectivity index (χ1v) is 19.5. The number of hydrogen-bond donors (Lipinski definition) is 3. The van der Waals surface area contributed by atoms with Gasteiger partial charge in [-0.2, -0.15) is 0 Å². The third kappa shape index (κ3) is 5.02. The molecule has 10 rings (SSSR count). The lowest BCUT2D eigenvalue weighted by atomic mass is 9.73. The van der Waals surface area contributed by atoms with E-state index in [-0.39, 0.29) is 30.9 Å². The average Bonchev–Trinajstić information content (AvgIpc) is 3.66. The van der Waals surface area contributed by atoms with Crippen LogP contribution in [-0.4, -0.2) is 104 Å². The number of thioether (sulfide) groups is 1. The molecule has 14 nitrogen and oxygen atoms in total. The number of likely N-dealkylation sites (N-methyl/N-ethyl adjacent to an activating group) is 1. The van der Waals surface area contributed by atoms with Crippen LogP contribution >= 0.6 is 11.8 Å². The number of nitrogens with one attached hydrogen (secondary N) is 1. The summed E-state index contributed by atoms with van der Waals surface area (Å²) in [6.07, 6.45) is 0.0818. The molecule has 7 heterocycles. The summed E-state index contributed by atoms with van der Waals surface area (Å²) < 4.78 is 41.9. The monoisotopic (exact) mass is 775 g/mol. The van der Waals surface area contributed by atoms with Crippen LogP contribution < -0.4 is 33.7 Å². The number of esters is 2. The van der Waals surface area contributed by atoms with Crippen molar-refractivity contribution in [2.75, 3.05) is 54.1 Å². The largest absolute Gasteiger partial charge is 0.504 e. The molecular weight excluding hydrogens is 731 g/mol. The second kappa shape index (κ2) is 13.1. The Balaban J connectivity index is 1.31. The minimum Gasteiger partial charge on any atom is -0.504 e. The maximum Gasteiger partial charge on any atom is 0.331 e. The van der Waals surface area contributed by atoms with Gasteiger partial charge in [-0.15, -0.1) is 11.8 Å². The Hall–Kier alpha value is -4.41. The van der Waals surface area contributed by atoms with Gasteiger partial charge in [0.1, 0.15) is 18.6 Å². The predicted octanol–water partition coefficient (Wildman–Crippen LogP) is 3.72. The molecule has 3 aromatic rings. The maximum atomic E-state index is 14.8. The summed E-state index contributed by atoms with van der Waals surface area (Å²) in [5.41, 5.74) is 4.74. The van der Waals surface area contributed by atoms with Gasteiger partial charge in [-0.3, -0.25) is 19.9 Å². The summed E-state index contributed by atoms with van der Waals surface area (Å²) in [4.78, 5) is 31.9. The minimum absolute atomic E-state index is 0.0497. The molecule has 1 unspecified atom stereocenters. The van der Waals surface area contributed by atoms with Crippen molar-refractivity contribution in [1.82, 2.24) is 15.1 Å². The van der Waals surface area contributed by atoms with Crippen LogP contribution in [0.3, 0.4) is 0 Å². The highest BCUT2D eigenvalue weighted by molar-refractivity contribution is 7.99. The number of aliphatic hydroxyl groups is 1. The van der Waals surface area contributed by atoms with Crippen molar-refractivity contribution in [2.24, 2.45) is 0 Å². The summed E-state index contributed by atoms with van der Waals surface area (Å²) in [5.74, 6) is 1.97. The van der Waals surface area contributed by atoms with E-state index in [9.17, 15) is 19.8 Å². The number of ether oxygens (including phenoxy) is 7. The van der Waals surface area contributed by atoms with Crippen molar-refractivity contribution in [1.29, 1.82) is 0 Å². The number of hydrogen-bond acceptors (Lipinski definition) is 15. The number of benzene rings is 3. The molecule has 7 aliphatic rings. The van der Waals surface area contributed by atoms with Crippen molar-refractivity contribution < 1.29 is 53.0 Å². The van der Waals surface area contributed by atoms with E-state index in [2.05, 4.69) is 10.2 Å². The Morgan fingerprint density at radius 3 is 2.45 bits per heavy atom. The zero-order valence-corrected chi connectivity index (χ0v) is 32.6. The topological polar surface area (TPSA) is 158 Å². The first-order valence-electron chi connectivity index (χ1n) is 18.5. The van der Waals surface area contributed by atoms with E-state index in [1.165, 1.54) is 18.7 Å². The third-order valence-electron chi connectivity index (χ3n) is 12.5. The van der Waals surface area contributed by atoms with Crippen LogP contribution in [0, 0.1) is 13.8 Å². The normalized spacial score (nSPS) is 29.1. The highest BCUT2D eigenvalue weighted by Crippen LogP contribution is 2.64. The number of aromatic hydroxyl groups is 1. The van der Waals surface area contributed by atoms with Crippen LogP contribution in [0.4, 0.5) is 0 Å². The third-order valence-corrected chi connectivity index (χ3v) is 13.9. The zero-order valence-electron chi connectivity index (χ0n) is 31.8. The first-order chi connectivity index (χ1) is 26.4. The van der Waals surface area contributed by atoms with E-state index >= 15 is 0 Å². The maximum absolute atomic E-state index is 14.8. The Bertz CT molecular complexity index is 2150. The van der Waals surface area contributed by atoms with Crippen LogP contribution in [0.2, 0.25) is 0 Å². The molecule has 0 saturated carbocycles. The van der Waals surface area contributed by atoms with E-state index in [0.717, 1.165) is 22.3 Å². The Morgan fingerprint density at radius 1 is 0.982 bits per heavy atom. The Morgan fingerprint density at radius 2 is 1.73 bits per heavy atom. The molecule has 0 radical (unpaired) electrons. The molecule has 0 aromatic heterocycles. The summed E-state index contributed by atoms with van der Waals surface area (Å²) in [6, 6.07) is 3.65. The van der Waals surface area contributed by atoms with Gasteiger partial charge in [-0.1, -0.05) is 6.07 Å². The van der Waals surface area contributed by atoms with Gasteiger partial charge >= 0.3 is 11.9 Å². The first kappa shape index (κ1) is 36.2. The van der Waals surface area contributed by atoms with Gasteiger partial charge in [0, 0.05) is 47.5 Å². The number of carbonyl (C=O) groups is 2. The highest BCUT2D eigenvalue weighted by atomic mass is 32.2. The molecule has 2 fully saturated rings. The lowest BCUT2D eigenvalue weighted by Gasteiger charge is -2.62. The van der Waals surface area contributed by atoms with Gasteiger partial charge in [-0.05, 0) is 68.1 Å². The molecule has 15 heteroatoms. The molecule has 7 aliphatic heterocycles. The van der Waals surface area contributed by atoms with Crippen molar-refractivity contribution in [3.05, 3.63) is 62.7 Å². The number of phenols is 1. The molecular formula is C40H45N3O11S. The summed E-state index contributed by atoms with van der Waals surface area (Å²) >= 11 is 1.50. The van der Waals surface area contributed by atoms with E-state index in [1.807, 2.05) is 44.0 Å². The Kier molecular flexibility index (Phi) is 8.62. The molecule has 3 aromatic carbocycles. The average molecular weight is 776 g/mol. The SMILES string of the molecule is COc1cc2c(cc1OC)[C@@]1(CS[C@@H]3c4c(OC(C)=O)c(C)c5c(c4[C@H](COC1=O)N1C3[C@@H]3c4c(cc(C)c(OC)c4O)C[C@H]([C@@H]1O)N3C)OCO5)NCC2. The molecule has 4 bridgehead atoms. The van der Waals surface area contributed by atoms with Gasteiger partial charge in [0.15, 0.2) is 40.0 Å². The second-order valence-corrected chi connectivity index (χ2v) is 16.2. The number of fused-ring (bicyclic) bond motifs is 9. The van der Waals surface area contributed by atoms with Crippen molar-refractivity contribution in [3.63, 3.8) is 0 Å². The smallest absolute Gasteiger partial charge is 0.331 e. The van der Waals surface area contributed by atoms with E-state index in [1.54, 1.807) is 21.3 Å². The van der Waals surface area contributed by atoms with Gasteiger partial charge in [0.2, 0.25) is 6.79 Å². The van der Waals surface area contributed by atoms with E-state index in [0.29, 0.717) is 76.1 Å². The lowest BCUT2D eigenvalue weighted by Crippen LogP contribution is -2.70. The molecule has 1 spiro atoms. The molecule has 55 heavy (non-hydrogen) atoms. The quantitative estimate of drug-likeness (QED) is 0.260. The number of phenolic OH excluding ortho intramolecular Hbond substituents is 1. The fraction of sp³-hybridized carbons (Fsp3) is 0.500. The van der Waals surface area contributed by atoms with E-state index < -0.39 is 47.1 Å². The fourth-order valence-corrected chi connectivity index (χ4v) is 11.8. The summed E-state index contributed by atoms with van der Waals surface area (Å²) in [7, 11) is 6.66. The lowest BCUT2D eigenvalue weighted by molar-refractivity contribution is -0.186. The second-order valence-electron chi connectivity index (χ2n) is 15.1. The predicted molar refractivity (Wildman–Crippen MR) is 199 cm³/mol. The number of piperazine rings is 1. The number of nitrogens with zero attached hydrogens (tertiary/aromatic N) is 2. The Labute approximate surface area is 322 Å². The number of carbonyl (C=O) groups excluding carboxylic acids is 2. The summed E-state index contributed by atoms with van der Waals surface area (Å²) in [5, 5.41) is 27.6. The molecule has 7 atom stereocenters. The number of methoxy groups -OCH3 is 3. The van der Waals surface area contributed by atoms with Gasteiger partial charge < -0.3 is 43.4 Å². The van der Waals surface area contributed by atoms with Crippen molar-refractivity contribution in [3.8, 4) is 40.2 Å². The van der Waals surface area contributed by atoms with Crippen LogP contribution in [0.15, 0.2) is 18.2 Å². The molecule has 0 aliphatic carbocycles.